The van der Waals surface area contributed by atoms with Gasteiger partial charge in [-0.05, 0) is 71.9 Å². The molecular weight excluding hydrogens is 424 g/mol. The van der Waals surface area contributed by atoms with E-state index >= 15 is 0 Å². The highest BCUT2D eigenvalue weighted by atomic mass is 15.0. The van der Waals surface area contributed by atoms with Crippen molar-refractivity contribution in [2.24, 2.45) is 4.99 Å². The van der Waals surface area contributed by atoms with Crippen molar-refractivity contribution in [1.29, 1.82) is 0 Å². The maximum atomic E-state index is 5.46. The predicted molar refractivity (Wildman–Crippen MR) is 155 cm³/mol. The van der Waals surface area contributed by atoms with E-state index in [9.17, 15) is 0 Å². The Kier molecular flexibility index (Phi) is 8.59. The monoisotopic (exact) mass is 468 g/mol. The number of para-hydroxylation sites is 2. The normalized spacial score (nSPS) is 12.3. The Hall–Kier alpha value is -2.87. The summed E-state index contributed by atoms with van der Waals surface area (Å²) in [5.74, 6) is 2.52. The number of aliphatic imine (C=N–C) groups is 1. The van der Waals surface area contributed by atoms with Crippen LogP contribution in [-0.2, 0) is 0 Å². The van der Waals surface area contributed by atoms with E-state index in [1.54, 1.807) is 0 Å². The Labute approximate surface area is 213 Å². The molecule has 0 amide bonds. The topological polar surface area (TPSA) is 24.4 Å². The van der Waals surface area contributed by atoms with Crippen molar-refractivity contribution < 1.29 is 0 Å². The van der Waals surface area contributed by atoms with Gasteiger partial charge in [0.05, 0.1) is 5.69 Å². The Balaban J connectivity index is 2.34. The van der Waals surface area contributed by atoms with Gasteiger partial charge < -0.3 is 5.32 Å². The Morgan fingerprint density at radius 1 is 0.600 bits per heavy atom. The van der Waals surface area contributed by atoms with Crippen molar-refractivity contribution in [2.45, 2.75) is 92.9 Å². The van der Waals surface area contributed by atoms with E-state index in [-0.39, 0.29) is 0 Å². The van der Waals surface area contributed by atoms with Gasteiger partial charge in [0.2, 0.25) is 0 Å². The summed E-state index contributed by atoms with van der Waals surface area (Å²) in [4.78, 5) is 5.46. The fourth-order valence-corrected chi connectivity index (χ4v) is 4.84. The molecule has 0 radical (unpaired) electrons. The van der Waals surface area contributed by atoms with Crippen molar-refractivity contribution in [3.8, 4) is 0 Å². The zero-order chi connectivity index (χ0) is 25.9. The largest absolute Gasteiger partial charge is 0.339 e. The van der Waals surface area contributed by atoms with Gasteiger partial charge in [0.1, 0.15) is 5.84 Å². The van der Waals surface area contributed by atoms with Gasteiger partial charge >= 0.3 is 0 Å². The molecular formula is C33H44N2. The number of amidine groups is 1. The molecule has 186 valence electrons. The molecule has 0 saturated heterocycles. The third-order valence-corrected chi connectivity index (χ3v) is 6.68. The molecule has 2 heteroatoms. The van der Waals surface area contributed by atoms with Gasteiger partial charge in [0.15, 0.2) is 0 Å². The van der Waals surface area contributed by atoms with E-state index in [1.807, 2.05) is 0 Å². The lowest BCUT2D eigenvalue weighted by molar-refractivity contribution is 0.834. The van der Waals surface area contributed by atoms with E-state index in [0.717, 1.165) is 17.1 Å². The van der Waals surface area contributed by atoms with Crippen LogP contribution in [0.5, 0.6) is 0 Å². The number of nitrogens with one attached hydrogen (secondary N) is 1. The van der Waals surface area contributed by atoms with Gasteiger partial charge in [-0.1, -0.05) is 109 Å². The molecule has 0 atom stereocenters. The first-order valence-corrected chi connectivity index (χ1v) is 13.2. The van der Waals surface area contributed by atoms with Crippen LogP contribution < -0.4 is 5.32 Å². The SMILES string of the molecule is Cc1cc(C)cc(C(=Nc2c(C(C)C)cccc2C(C)C)Nc2c(C(C)C)cccc2C(C)C)c1. The smallest absolute Gasteiger partial charge is 0.138 e. The molecule has 3 aromatic rings. The van der Waals surface area contributed by atoms with Crippen LogP contribution in [0.1, 0.15) is 118 Å². The Bertz CT molecular complexity index is 1120. The van der Waals surface area contributed by atoms with Crippen molar-refractivity contribution in [3.63, 3.8) is 0 Å². The van der Waals surface area contributed by atoms with Gasteiger partial charge in [-0.25, -0.2) is 4.99 Å². The van der Waals surface area contributed by atoms with Crippen LogP contribution in [0, 0.1) is 13.8 Å². The first-order valence-electron chi connectivity index (χ1n) is 13.2. The molecule has 0 heterocycles. The minimum absolute atomic E-state index is 0.391. The molecule has 0 fully saturated rings. The highest BCUT2D eigenvalue weighted by Crippen LogP contribution is 2.37. The summed E-state index contributed by atoms with van der Waals surface area (Å²) in [5, 5.41) is 3.88. The number of hydrogen-bond acceptors (Lipinski definition) is 1. The molecule has 0 aromatic heterocycles. The molecule has 35 heavy (non-hydrogen) atoms. The van der Waals surface area contributed by atoms with Gasteiger partial charge in [0.25, 0.3) is 0 Å². The summed E-state index contributed by atoms with van der Waals surface area (Å²) >= 11 is 0. The minimum atomic E-state index is 0.391. The van der Waals surface area contributed by atoms with Crippen LogP contribution in [0.15, 0.2) is 59.6 Å². The number of hydrogen-bond donors (Lipinski definition) is 1. The van der Waals surface area contributed by atoms with Crippen LogP contribution in [0.25, 0.3) is 0 Å². The standard InChI is InChI=1S/C33H44N2/c1-20(2)27-13-11-14-28(21(3)4)31(27)34-33(26-18-24(9)17-25(10)19-26)35-32-29(22(5)6)15-12-16-30(32)23(7)8/h11-23H,1-10H3,(H,34,35). The van der Waals surface area contributed by atoms with Crippen molar-refractivity contribution >= 4 is 17.2 Å². The van der Waals surface area contributed by atoms with E-state index in [1.165, 1.54) is 39.1 Å². The lowest BCUT2D eigenvalue weighted by atomic mass is 9.92. The molecule has 0 aliphatic heterocycles. The zero-order valence-electron chi connectivity index (χ0n) is 23.5. The lowest BCUT2D eigenvalue weighted by Crippen LogP contribution is -2.18. The van der Waals surface area contributed by atoms with Crippen LogP contribution in [0.3, 0.4) is 0 Å². The molecule has 0 aliphatic carbocycles. The average Bonchev–Trinajstić information content (AvgIpc) is 2.77. The van der Waals surface area contributed by atoms with E-state index in [4.69, 9.17) is 4.99 Å². The second kappa shape index (κ2) is 11.2. The summed E-state index contributed by atoms with van der Waals surface area (Å²) in [7, 11) is 0. The summed E-state index contributed by atoms with van der Waals surface area (Å²) in [6, 6.07) is 20.1. The average molecular weight is 469 g/mol. The Morgan fingerprint density at radius 3 is 1.40 bits per heavy atom. The summed E-state index contributed by atoms with van der Waals surface area (Å²) < 4.78 is 0. The molecule has 3 rings (SSSR count). The van der Waals surface area contributed by atoms with E-state index < -0.39 is 0 Å². The van der Waals surface area contributed by atoms with Crippen LogP contribution >= 0.6 is 0 Å². The molecule has 2 nitrogen and oxygen atoms in total. The third-order valence-electron chi connectivity index (χ3n) is 6.68. The van der Waals surface area contributed by atoms with Gasteiger partial charge in [0, 0.05) is 11.3 Å². The maximum absolute atomic E-state index is 5.46. The third kappa shape index (κ3) is 6.23. The summed E-state index contributed by atoms with van der Waals surface area (Å²) in [6.07, 6.45) is 0. The number of anilines is 1. The second-order valence-corrected chi connectivity index (χ2v) is 11.2. The van der Waals surface area contributed by atoms with Crippen LogP contribution in [0.4, 0.5) is 11.4 Å². The highest BCUT2D eigenvalue weighted by molar-refractivity contribution is 6.10. The molecule has 0 aliphatic rings. The lowest BCUT2D eigenvalue weighted by Gasteiger charge is -2.23. The quantitative estimate of drug-likeness (QED) is 0.271. The fraction of sp³-hybridized carbons (Fsp3) is 0.424. The van der Waals surface area contributed by atoms with E-state index in [0.29, 0.717) is 23.7 Å². The maximum Gasteiger partial charge on any atom is 0.138 e. The first-order chi connectivity index (χ1) is 16.5. The molecule has 3 aromatic carbocycles. The number of nitrogens with zero attached hydrogens (tertiary/aromatic N) is 1. The highest BCUT2D eigenvalue weighted by Gasteiger charge is 2.19. The Morgan fingerprint density at radius 2 is 1.00 bits per heavy atom. The van der Waals surface area contributed by atoms with Crippen molar-refractivity contribution in [3.05, 3.63) is 93.5 Å². The van der Waals surface area contributed by atoms with Crippen molar-refractivity contribution in [2.75, 3.05) is 5.32 Å². The van der Waals surface area contributed by atoms with E-state index in [2.05, 4.69) is 129 Å². The fourth-order valence-electron chi connectivity index (χ4n) is 4.84. The van der Waals surface area contributed by atoms with Gasteiger partial charge in [-0.2, -0.15) is 0 Å². The molecule has 1 N–H and O–H groups in total. The molecule has 0 spiro atoms. The van der Waals surface area contributed by atoms with Crippen LogP contribution in [-0.4, -0.2) is 5.84 Å². The minimum Gasteiger partial charge on any atom is -0.339 e. The number of rotatable bonds is 7. The summed E-state index contributed by atoms with van der Waals surface area (Å²) in [5.41, 5.74) is 11.2. The molecule has 0 bridgehead atoms. The summed E-state index contributed by atoms with van der Waals surface area (Å²) in [6.45, 7) is 22.4. The number of benzene rings is 3. The van der Waals surface area contributed by atoms with Crippen LogP contribution in [0.2, 0.25) is 0 Å². The number of aryl methyl sites for hydroxylation is 2. The van der Waals surface area contributed by atoms with Gasteiger partial charge in [-0.3, -0.25) is 0 Å². The predicted octanol–water partition coefficient (Wildman–Crippen LogP) is 9.99. The van der Waals surface area contributed by atoms with Crippen molar-refractivity contribution in [1.82, 2.24) is 0 Å². The zero-order valence-corrected chi connectivity index (χ0v) is 23.5. The molecule has 0 unspecified atom stereocenters. The second-order valence-electron chi connectivity index (χ2n) is 11.2. The first kappa shape index (κ1) is 26.7. The van der Waals surface area contributed by atoms with Gasteiger partial charge in [-0.15, -0.1) is 0 Å². The molecule has 0 saturated carbocycles.